The zero-order valence-electron chi connectivity index (χ0n) is 7.51. The van der Waals surface area contributed by atoms with E-state index in [-0.39, 0.29) is 0 Å². The predicted octanol–water partition coefficient (Wildman–Crippen LogP) is 3.18. The van der Waals surface area contributed by atoms with Crippen LogP contribution in [0.2, 0.25) is 0 Å². The summed E-state index contributed by atoms with van der Waals surface area (Å²) in [6, 6.07) is 0. The van der Waals surface area contributed by atoms with Crippen LogP contribution in [0.5, 0.6) is 0 Å². The maximum atomic E-state index is 10.9. The number of rotatable bonds is 7. The first-order chi connectivity index (χ1) is 5.70. The van der Waals surface area contributed by atoms with Crippen LogP contribution < -0.4 is 0 Å². The highest BCUT2D eigenvalue weighted by molar-refractivity contribution is 7.33. The van der Waals surface area contributed by atoms with Crippen LogP contribution in [0.3, 0.4) is 0 Å². The van der Waals surface area contributed by atoms with E-state index in [1.54, 1.807) is 6.92 Å². The molecule has 0 aromatic carbocycles. The molecule has 0 fully saturated rings. The van der Waals surface area contributed by atoms with Crippen LogP contribution in [-0.2, 0) is 13.6 Å². The fourth-order valence-electron chi connectivity index (χ4n) is 0.680. The van der Waals surface area contributed by atoms with Crippen LogP contribution in [0.1, 0.15) is 33.1 Å². The summed E-state index contributed by atoms with van der Waals surface area (Å²) >= 11 is 5.71. The van der Waals surface area contributed by atoms with Gasteiger partial charge in [-0.3, -0.25) is 9.09 Å². The molecule has 0 aromatic rings. The van der Waals surface area contributed by atoms with Crippen molar-refractivity contribution >= 4 is 19.9 Å². The van der Waals surface area contributed by atoms with E-state index in [4.69, 9.17) is 20.6 Å². The second-order valence-electron chi connectivity index (χ2n) is 2.35. The lowest BCUT2D eigenvalue weighted by Gasteiger charge is -2.09. The highest BCUT2D eigenvalue weighted by atomic mass is 35.5. The molecule has 12 heavy (non-hydrogen) atoms. The minimum Gasteiger partial charge on any atom is -0.311 e. The van der Waals surface area contributed by atoms with E-state index in [9.17, 15) is 4.57 Å². The van der Waals surface area contributed by atoms with Gasteiger partial charge in [-0.25, -0.2) is 0 Å². The third kappa shape index (κ3) is 7.11. The molecule has 0 heterocycles. The van der Waals surface area contributed by atoms with Gasteiger partial charge in [0.2, 0.25) is 0 Å². The van der Waals surface area contributed by atoms with Gasteiger partial charge in [-0.2, -0.15) is 0 Å². The molecule has 0 rings (SSSR count). The predicted molar refractivity (Wildman–Crippen MR) is 50.9 cm³/mol. The molecule has 0 aliphatic carbocycles. The summed E-state index contributed by atoms with van der Waals surface area (Å²) in [6.45, 7) is 4.23. The fraction of sp³-hybridized carbons (Fsp3) is 1.00. The summed E-state index contributed by atoms with van der Waals surface area (Å²) < 4.78 is 20.5. The lowest BCUT2D eigenvalue weighted by Crippen LogP contribution is -1.99. The Kier molecular flexibility index (Phi) is 8.35. The van der Waals surface area contributed by atoms with Gasteiger partial charge in [0.25, 0.3) is 0 Å². The minimum atomic E-state index is -2.35. The van der Waals surface area contributed by atoms with Crippen molar-refractivity contribution in [2.45, 2.75) is 38.7 Å². The summed E-state index contributed by atoms with van der Waals surface area (Å²) in [4.78, 5) is 0. The molecule has 3 nitrogen and oxygen atoms in total. The average Bonchev–Trinajstić information content (AvgIpc) is 2.01. The van der Waals surface area contributed by atoms with Crippen LogP contribution in [0.15, 0.2) is 0 Å². The molecular formula is C7H16ClO3P. The second-order valence-corrected chi connectivity index (χ2v) is 3.86. The van der Waals surface area contributed by atoms with Crippen LogP contribution in [0.25, 0.3) is 0 Å². The van der Waals surface area contributed by atoms with Gasteiger partial charge in [0.05, 0.1) is 6.61 Å². The van der Waals surface area contributed by atoms with Gasteiger partial charge >= 0.3 is 8.25 Å². The summed E-state index contributed by atoms with van der Waals surface area (Å²) in [7, 11) is -2.35. The Bertz CT molecular complexity index is 132. The minimum absolute atomic E-state index is 0.398. The van der Waals surface area contributed by atoms with Crippen LogP contribution in [0.4, 0.5) is 0 Å². The Morgan fingerprint density at radius 2 is 2.17 bits per heavy atom. The summed E-state index contributed by atoms with van der Waals surface area (Å²) in [5.74, 6) is 0. The standard InChI is InChI=1S/C7H16ClO3P/c1-3-5-6-7(8)11-12(9)10-4-2/h7,12H,3-6H2,1-2H3. The molecule has 0 aromatic heterocycles. The first kappa shape index (κ1) is 12.4. The first-order valence-electron chi connectivity index (χ1n) is 4.18. The highest BCUT2D eigenvalue weighted by Crippen LogP contribution is 2.28. The van der Waals surface area contributed by atoms with E-state index >= 15 is 0 Å². The quantitative estimate of drug-likeness (QED) is 0.482. The van der Waals surface area contributed by atoms with Crippen molar-refractivity contribution in [3.05, 3.63) is 0 Å². The molecule has 0 amide bonds. The van der Waals surface area contributed by atoms with Crippen LogP contribution in [-0.4, -0.2) is 12.2 Å². The Morgan fingerprint density at radius 3 is 2.67 bits per heavy atom. The largest absolute Gasteiger partial charge is 0.320 e. The summed E-state index contributed by atoms with van der Waals surface area (Å²) in [5.41, 5.74) is -0.470. The summed E-state index contributed by atoms with van der Waals surface area (Å²) in [5, 5.41) is 0. The van der Waals surface area contributed by atoms with Gasteiger partial charge in [0.1, 0.15) is 5.56 Å². The molecule has 0 saturated carbocycles. The molecule has 0 spiro atoms. The first-order valence-corrected chi connectivity index (χ1v) is 5.84. The molecule has 2 unspecified atom stereocenters. The SMILES string of the molecule is CCCCC(Cl)O[PH](=O)OCC. The van der Waals surface area contributed by atoms with Gasteiger partial charge in [0, 0.05) is 0 Å². The summed E-state index contributed by atoms with van der Waals surface area (Å²) in [6.07, 6.45) is 2.76. The normalized spacial score (nSPS) is 15.9. The molecule has 74 valence electrons. The zero-order chi connectivity index (χ0) is 9.40. The van der Waals surface area contributed by atoms with Gasteiger partial charge in [-0.05, 0) is 19.8 Å². The Morgan fingerprint density at radius 1 is 1.50 bits per heavy atom. The van der Waals surface area contributed by atoms with Crippen molar-refractivity contribution < 1.29 is 13.6 Å². The van der Waals surface area contributed by atoms with Crippen LogP contribution >= 0.6 is 19.9 Å². The molecular weight excluding hydrogens is 199 g/mol. The third-order valence-corrected chi connectivity index (χ3v) is 2.73. The molecule has 5 heteroatoms. The van der Waals surface area contributed by atoms with Crippen LogP contribution in [0, 0.1) is 0 Å². The topological polar surface area (TPSA) is 35.5 Å². The maximum Gasteiger partial charge on any atom is 0.320 e. The lowest BCUT2D eigenvalue weighted by atomic mass is 10.3. The van der Waals surface area contributed by atoms with E-state index in [1.165, 1.54) is 0 Å². The van der Waals surface area contributed by atoms with Gasteiger partial charge < -0.3 is 4.52 Å². The van der Waals surface area contributed by atoms with Gasteiger partial charge in [0.15, 0.2) is 0 Å². The lowest BCUT2D eigenvalue weighted by molar-refractivity contribution is 0.208. The smallest absolute Gasteiger partial charge is 0.311 e. The van der Waals surface area contributed by atoms with E-state index in [1.807, 2.05) is 0 Å². The third-order valence-electron chi connectivity index (χ3n) is 1.27. The Hall–Kier alpha value is 0.440. The number of hydrogen-bond acceptors (Lipinski definition) is 3. The molecule has 0 radical (unpaired) electrons. The monoisotopic (exact) mass is 214 g/mol. The van der Waals surface area contributed by atoms with Crippen molar-refractivity contribution in [3.8, 4) is 0 Å². The van der Waals surface area contributed by atoms with Crippen molar-refractivity contribution in [1.82, 2.24) is 0 Å². The van der Waals surface area contributed by atoms with Gasteiger partial charge in [-0.1, -0.05) is 24.9 Å². The van der Waals surface area contributed by atoms with E-state index in [0.29, 0.717) is 6.61 Å². The molecule has 0 bridgehead atoms. The van der Waals surface area contributed by atoms with Gasteiger partial charge in [-0.15, -0.1) is 0 Å². The van der Waals surface area contributed by atoms with Crippen molar-refractivity contribution in [1.29, 1.82) is 0 Å². The fourth-order valence-corrected chi connectivity index (χ4v) is 1.68. The molecule has 0 saturated heterocycles. The molecule has 0 aliphatic heterocycles. The Balaban J connectivity index is 3.40. The van der Waals surface area contributed by atoms with E-state index in [0.717, 1.165) is 19.3 Å². The average molecular weight is 215 g/mol. The second kappa shape index (κ2) is 8.06. The van der Waals surface area contributed by atoms with E-state index in [2.05, 4.69) is 6.92 Å². The molecule has 0 N–H and O–H groups in total. The number of hydrogen-bond donors (Lipinski definition) is 0. The molecule has 2 atom stereocenters. The Labute approximate surface area is 79.3 Å². The van der Waals surface area contributed by atoms with E-state index < -0.39 is 13.8 Å². The number of alkyl halides is 1. The number of halogens is 1. The van der Waals surface area contributed by atoms with Crippen molar-refractivity contribution in [3.63, 3.8) is 0 Å². The number of unbranched alkanes of at least 4 members (excludes halogenated alkanes) is 1. The molecule has 0 aliphatic rings. The van der Waals surface area contributed by atoms with Crippen molar-refractivity contribution in [2.24, 2.45) is 0 Å². The maximum absolute atomic E-state index is 10.9. The zero-order valence-corrected chi connectivity index (χ0v) is 9.26. The van der Waals surface area contributed by atoms with Crippen molar-refractivity contribution in [2.75, 3.05) is 6.61 Å². The highest BCUT2D eigenvalue weighted by Gasteiger charge is 2.07.